The van der Waals surface area contributed by atoms with Crippen LogP contribution in [-0.4, -0.2) is 52.4 Å². The number of aliphatic hydroxyl groups excluding tert-OH is 3. The molecule has 0 radical (unpaired) electrons. The zero-order chi connectivity index (χ0) is 16.3. The van der Waals surface area contributed by atoms with Gasteiger partial charge in [0.15, 0.2) is 11.5 Å². The number of carbonyl (C=O) groups excluding carboxylic acids is 1. The fourth-order valence-electron chi connectivity index (χ4n) is 3.22. The molecule has 1 amide bonds. The second kappa shape index (κ2) is 4.70. The fraction of sp³-hybridized carbons (Fsp3) is 0.333. The Morgan fingerprint density at radius 3 is 2.78 bits per heavy atom. The van der Waals surface area contributed by atoms with Gasteiger partial charge in [-0.3, -0.25) is 4.79 Å². The molecule has 4 atom stereocenters. The first kappa shape index (κ1) is 14.0. The molecule has 8 heteroatoms. The summed E-state index contributed by atoms with van der Waals surface area (Å²) in [5.41, 5.74) is 0.959. The second-order valence-corrected chi connectivity index (χ2v) is 5.56. The van der Waals surface area contributed by atoms with E-state index in [1.165, 1.54) is 6.08 Å². The van der Waals surface area contributed by atoms with E-state index in [1.54, 1.807) is 6.07 Å². The van der Waals surface area contributed by atoms with Gasteiger partial charge >= 0.3 is 0 Å². The Morgan fingerprint density at radius 2 is 2.04 bits per heavy atom. The Morgan fingerprint density at radius 1 is 1.26 bits per heavy atom. The van der Waals surface area contributed by atoms with Crippen molar-refractivity contribution in [2.45, 2.75) is 24.4 Å². The number of aliphatic hydroxyl groups is 3. The van der Waals surface area contributed by atoms with Gasteiger partial charge in [-0.25, -0.2) is 0 Å². The normalized spacial score (nSPS) is 30.7. The van der Waals surface area contributed by atoms with Gasteiger partial charge < -0.3 is 30.1 Å². The Balaban J connectivity index is 1.99. The highest BCUT2D eigenvalue weighted by Crippen LogP contribution is 2.44. The van der Waals surface area contributed by atoms with Gasteiger partial charge in [-0.15, -0.1) is 0 Å². The largest absolute Gasteiger partial charge is 0.454 e. The molecular formula is C15H12N2O6. The van der Waals surface area contributed by atoms with Crippen LogP contribution < -0.4 is 14.8 Å². The number of carbonyl (C=O) groups is 1. The van der Waals surface area contributed by atoms with E-state index in [-0.39, 0.29) is 23.7 Å². The zero-order valence-electron chi connectivity index (χ0n) is 11.7. The number of hydrogen-bond donors (Lipinski definition) is 4. The monoisotopic (exact) mass is 316 g/mol. The lowest BCUT2D eigenvalue weighted by atomic mass is 9.78. The highest BCUT2D eigenvalue weighted by Gasteiger charge is 2.44. The van der Waals surface area contributed by atoms with Crippen LogP contribution in [0.2, 0.25) is 0 Å². The van der Waals surface area contributed by atoms with E-state index in [4.69, 9.17) is 9.47 Å². The number of benzene rings is 1. The standard InChI is InChI=1S/C15H12N2O6/c16-3-7-10-5(2-9-14(7)23-4-22-9)6-1-8(18)12(19)13(20)11(6)17-15(10)21/h1-2,8,11-13,18-20H,4H2,(H,17,21)/t8-,11+,12+,13-/m0/s1. The summed E-state index contributed by atoms with van der Waals surface area (Å²) in [6, 6.07) is 2.62. The Labute approximate surface area is 130 Å². The summed E-state index contributed by atoms with van der Waals surface area (Å²) in [4.78, 5) is 12.4. The summed E-state index contributed by atoms with van der Waals surface area (Å²) < 4.78 is 10.5. The molecule has 0 fully saturated rings. The number of fused-ring (bicyclic) bond motifs is 4. The van der Waals surface area contributed by atoms with Crippen LogP contribution in [0.3, 0.4) is 0 Å². The predicted octanol–water partition coefficient (Wildman–Crippen LogP) is -1.12. The minimum atomic E-state index is -1.41. The van der Waals surface area contributed by atoms with Crippen molar-refractivity contribution in [2.75, 3.05) is 6.79 Å². The Kier molecular flexibility index (Phi) is 2.86. The van der Waals surface area contributed by atoms with Gasteiger partial charge in [0.1, 0.15) is 29.9 Å². The Bertz CT molecular complexity index is 796. The molecule has 2 aliphatic heterocycles. The Hall–Kier alpha value is -2.60. The number of ether oxygens (including phenoxy) is 2. The third kappa shape index (κ3) is 1.78. The average molecular weight is 316 g/mol. The van der Waals surface area contributed by atoms with Crippen LogP contribution in [0.25, 0.3) is 5.57 Å². The lowest BCUT2D eigenvalue weighted by molar-refractivity contribution is -0.0534. The maximum absolute atomic E-state index is 12.4. The molecule has 1 aliphatic carbocycles. The maximum Gasteiger partial charge on any atom is 0.253 e. The van der Waals surface area contributed by atoms with Gasteiger partial charge in [-0.05, 0) is 23.3 Å². The highest BCUT2D eigenvalue weighted by atomic mass is 16.7. The van der Waals surface area contributed by atoms with Gasteiger partial charge in [0.05, 0.1) is 11.6 Å². The summed E-state index contributed by atoms with van der Waals surface area (Å²) in [6.45, 7) is -0.0546. The van der Waals surface area contributed by atoms with E-state index in [2.05, 4.69) is 5.32 Å². The van der Waals surface area contributed by atoms with Crippen molar-refractivity contribution in [3.8, 4) is 17.6 Å². The topological polar surface area (TPSA) is 132 Å². The third-order valence-electron chi connectivity index (χ3n) is 4.33. The van der Waals surface area contributed by atoms with Crippen molar-refractivity contribution in [3.63, 3.8) is 0 Å². The van der Waals surface area contributed by atoms with Gasteiger partial charge in [-0.2, -0.15) is 5.26 Å². The molecule has 0 bridgehead atoms. The zero-order valence-corrected chi connectivity index (χ0v) is 11.7. The fourth-order valence-corrected chi connectivity index (χ4v) is 3.22. The molecule has 23 heavy (non-hydrogen) atoms. The van der Waals surface area contributed by atoms with Crippen molar-refractivity contribution in [1.29, 1.82) is 5.26 Å². The van der Waals surface area contributed by atoms with E-state index in [1.807, 2.05) is 6.07 Å². The number of nitrogens with zero attached hydrogens (tertiary/aromatic N) is 1. The lowest BCUT2D eigenvalue weighted by Gasteiger charge is -2.39. The van der Waals surface area contributed by atoms with E-state index in [0.29, 0.717) is 16.9 Å². The van der Waals surface area contributed by atoms with Crippen LogP contribution in [0.15, 0.2) is 12.1 Å². The molecule has 0 spiro atoms. The number of amides is 1. The van der Waals surface area contributed by atoms with Gasteiger partial charge in [0, 0.05) is 0 Å². The molecule has 0 saturated heterocycles. The summed E-state index contributed by atoms with van der Waals surface area (Å²) in [5, 5.41) is 41.7. The van der Waals surface area contributed by atoms with Crippen LogP contribution in [-0.2, 0) is 0 Å². The molecule has 1 aromatic carbocycles. The molecule has 8 nitrogen and oxygen atoms in total. The van der Waals surface area contributed by atoms with Crippen molar-refractivity contribution < 1.29 is 29.6 Å². The molecule has 118 valence electrons. The number of hydrogen-bond acceptors (Lipinski definition) is 7. The van der Waals surface area contributed by atoms with Gasteiger partial charge in [0.2, 0.25) is 6.79 Å². The summed E-state index contributed by atoms with van der Waals surface area (Å²) in [5.74, 6) is -0.0261. The van der Waals surface area contributed by atoms with Crippen molar-refractivity contribution in [1.82, 2.24) is 5.32 Å². The number of rotatable bonds is 0. The quantitative estimate of drug-likeness (QED) is 0.476. The van der Waals surface area contributed by atoms with E-state index >= 15 is 0 Å². The van der Waals surface area contributed by atoms with Crippen LogP contribution in [0.4, 0.5) is 0 Å². The van der Waals surface area contributed by atoms with E-state index in [0.717, 1.165) is 0 Å². The molecule has 0 saturated carbocycles. The molecule has 3 aliphatic rings. The van der Waals surface area contributed by atoms with Crippen molar-refractivity contribution in [3.05, 3.63) is 28.8 Å². The first-order valence-corrected chi connectivity index (χ1v) is 6.96. The maximum atomic E-state index is 12.4. The van der Waals surface area contributed by atoms with Crippen LogP contribution in [0, 0.1) is 11.3 Å². The third-order valence-corrected chi connectivity index (χ3v) is 4.33. The van der Waals surface area contributed by atoms with Crippen LogP contribution in [0.5, 0.6) is 11.5 Å². The first-order chi connectivity index (χ1) is 11.0. The second-order valence-electron chi connectivity index (χ2n) is 5.56. The van der Waals surface area contributed by atoms with Crippen molar-refractivity contribution in [2.24, 2.45) is 0 Å². The summed E-state index contributed by atoms with van der Waals surface area (Å²) >= 11 is 0. The van der Waals surface area contributed by atoms with Crippen LogP contribution >= 0.6 is 0 Å². The van der Waals surface area contributed by atoms with Gasteiger partial charge in [-0.1, -0.05) is 0 Å². The molecule has 4 N–H and O–H groups in total. The minimum Gasteiger partial charge on any atom is -0.454 e. The minimum absolute atomic E-state index is 0.0435. The van der Waals surface area contributed by atoms with Crippen LogP contribution in [0.1, 0.15) is 21.5 Å². The molecule has 0 unspecified atom stereocenters. The average Bonchev–Trinajstić information content (AvgIpc) is 3.00. The summed E-state index contributed by atoms with van der Waals surface area (Å²) in [7, 11) is 0. The molecular weight excluding hydrogens is 304 g/mol. The van der Waals surface area contributed by atoms with Crippen molar-refractivity contribution >= 4 is 11.5 Å². The molecule has 1 aromatic rings. The SMILES string of the molecule is N#Cc1c2c(cc3c1C(=O)N[C@@H]1C3=C[C@H](O)[C@@H](O)[C@H]1O)OCO2. The first-order valence-electron chi connectivity index (χ1n) is 6.96. The molecule has 4 rings (SSSR count). The predicted molar refractivity (Wildman–Crippen MR) is 74.5 cm³/mol. The summed E-state index contributed by atoms with van der Waals surface area (Å²) in [6.07, 6.45) is -2.69. The molecule has 2 heterocycles. The van der Waals surface area contributed by atoms with E-state index < -0.39 is 30.3 Å². The number of nitriles is 1. The highest BCUT2D eigenvalue weighted by molar-refractivity contribution is 6.07. The number of nitrogens with one attached hydrogen (secondary N) is 1. The molecule has 0 aromatic heterocycles. The lowest BCUT2D eigenvalue weighted by Crippen LogP contribution is -2.57. The smallest absolute Gasteiger partial charge is 0.253 e. The van der Waals surface area contributed by atoms with Gasteiger partial charge in [0.25, 0.3) is 5.91 Å². The van der Waals surface area contributed by atoms with E-state index in [9.17, 15) is 25.4 Å².